The monoisotopic (exact) mass is 341 g/mol. The number of para-hydroxylation sites is 1. The molecular weight excluding hydrogens is 322 g/mol. The number of nitrogens with one attached hydrogen (secondary N) is 1. The molecule has 128 valence electrons. The number of amides is 1. The Hall–Kier alpha value is -3.40. The second kappa shape index (κ2) is 6.84. The number of aryl methyl sites for hydroxylation is 1. The third kappa shape index (κ3) is 3.22. The summed E-state index contributed by atoms with van der Waals surface area (Å²) in [6, 6.07) is 25.8. The molecule has 0 aliphatic carbocycles. The van der Waals surface area contributed by atoms with Gasteiger partial charge in [0.2, 0.25) is 5.91 Å². The molecule has 0 radical (unpaired) electrons. The van der Waals surface area contributed by atoms with E-state index in [1.165, 1.54) is 0 Å². The number of carbonyl (C=O) groups excluding carboxylic acids is 1. The van der Waals surface area contributed by atoms with Gasteiger partial charge in [0.1, 0.15) is 5.82 Å². The molecule has 0 saturated heterocycles. The standard InChI is InChI=1S/C22H19N3O/c1-16-14-21(25(24-16)19-11-3-2-4-12-19)23-22(26)15-18-10-7-9-17-8-5-6-13-20(17)18/h2-14H,15H2,1H3,(H,23,26). The van der Waals surface area contributed by atoms with E-state index < -0.39 is 0 Å². The number of aromatic nitrogens is 2. The van der Waals surface area contributed by atoms with Gasteiger partial charge in [0.05, 0.1) is 17.8 Å². The topological polar surface area (TPSA) is 46.9 Å². The Morgan fingerprint density at radius 1 is 0.962 bits per heavy atom. The molecule has 0 aliphatic rings. The van der Waals surface area contributed by atoms with Crippen LogP contribution >= 0.6 is 0 Å². The highest BCUT2D eigenvalue weighted by molar-refractivity contribution is 5.95. The third-order valence-corrected chi connectivity index (χ3v) is 4.33. The lowest BCUT2D eigenvalue weighted by atomic mass is 10.0. The van der Waals surface area contributed by atoms with Crippen molar-refractivity contribution in [1.29, 1.82) is 0 Å². The van der Waals surface area contributed by atoms with E-state index in [0.717, 1.165) is 27.7 Å². The lowest BCUT2D eigenvalue weighted by molar-refractivity contribution is -0.115. The van der Waals surface area contributed by atoms with Gasteiger partial charge in [0, 0.05) is 6.07 Å². The summed E-state index contributed by atoms with van der Waals surface area (Å²) in [6.45, 7) is 1.92. The first kappa shape index (κ1) is 16.1. The number of fused-ring (bicyclic) bond motifs is 1. The van der Waals surface area contributed by atoms with Gasteiger partial charge < -0.3 is 5.32 Å². The van der Waals surface area contributed by atoms with E-state index in [1.807, 2.05) is 67.6 Å². The largest absolute Gasteiger partial charge is 0.310 e. The molecule has 1 amide bonds. The van der Waals surface area contributed by atoms with Crippen LogP contribution in [0.3, 0.4) is 0 Å². The Morgan fingerprint density at radius 2 is 1.69 bits per heavy atom. The third-order valence-electron chi connectivity index (χ3n) is 4.33. The molecule has 1 N–H and O–H groups in total. The van der Waals surface area contributed by atoms with Crippen LogP contribution in [0.4, 0.5) is 5.82 Å². The summed E-state index contributed by atoms with van der Waals surface area (Å²) in [5.74, 6) is 0.623. The van der Waals surface area contributed by atoms with Crippen molar-refractivity contribution in [2.45, 2.75) is 13.3 Å². The fourth-order valence-electron chi connectivity index (χ4n) is 3.16. The van der Waals surface area contributed by atoms with Crippen LogP contribution in [-0.4, -0.2) is 15.7 Å². The maximum absolute atomic E-state index is 12.7. The highest BCUT2D eigenvalue weighted by Crippen LogP contribution is 2.21. The number of nitrogens with zero attached hydrogens (tertiary/aromatic N) is 2. The molecule has 3 aromatic carbocycles. The molecule has 0 bridgehead atoms. The van der Waals surface area contributed by atoms with Gasteiger partial charge in [-0.2, -0.15) is 5.10 Å². The van der Waals surface area contributed by atoms with Crippen molar-refractivity contribution >= 4 is 22.5 Å². The van der Waals surface area contributed by atoms with Crippen LogP contribution in [0.2, 0.25) is 0 Å². The minimum atomic E-state index is -0.0570. The van der Waals surface area contributed by atoms with Crippen LogP contribution in [-0.2, 0) is 11.2 Å². The van der Waals surface area contributed by atoms with Crippen molar-refractivity contribution in [3.63, 3.8) is 0 Å². The Labute approximate surface area is 152 Å². The predicted octanol–water partition coefficient (Wildman–Crippen LogP) is 4.52. The van der Waals surface area contributed by atoms with E-state index in [2.05, 4.69) is 28.6 Å². The molecule has 0 atom stereocenters. The van der Waals surface area contributed by atoms with Crippen molar-refractivity contribution in [2.75, 3.05) is 5.32 Å². The average Bonchev–Trinajstić information content (AvgIpc) is 3.03. The van der Waals surface area contributed by atoms with E-state index in [0.29, 0.717) is 12.2 Å². The summed E-state index contributed by atoms with van der Waals surface area (Å²) in [4.78, 5) is 12.7. The summed E-state index contributed by atoms with van der Waals surface area (Å²) in [7, 11) is 0. The van der Waals surface area contributed by atoms with E-state index >= 15 is 0 Å². The van der Waals surface area contributed by atoms with E-state index in [4.69, 9.17) is 0 Å². The highest BCUT2D eigenvalue weighted by Gasteiger charge is 2.12. The van der Waals surface area contributed by atoms with Gasteiger partial charge in [0.15, 0.2) is 0 Å². The molecule has 0 saturated carbocycles. The Kier molecular flexibility index (Phi) is 4.23. The zero-order chi connectivity index (χ0) is 17.9. The van der Waals surface area contributed by atoms with Gasteiger partial charge >= 0.3 is 0 Å². The molecule has 4 rings (SSSR count). The Morgan fingerprint density at radius 3 is 2.54 bits per heavy atom. The first-order valence-electron chi connectivity index (χ1n) is 8.59. The van der Waals surface area contributed by atoms with Crippen molar-refractivity contribution < 1.29 is 4.79 Å². The lowest BCUT2D eigenvalue weighted by Gasteiger charge is -2.10. The molecule has 26 heavy (non-hydrogen) atoms. The maximum Gasteiger partial charge on any atom is 0.229 e. The van der Waals surface area contributed by atoms with E-state index in [-0.39, 0.29) is 5.91 Å². The number of hydrogen-bond acceptors (Lipinski definition) is 2. The van der Waals surface area contributed by atoms with Crippen LogP contribution in [0.5, 0.6) is 0 Å². The number of benzene rings is 3. The first-order valence-corrected chi connectivity index (χ1v) is 8.59. The van der Waals surface area contributed by atoms with Crippen molar-refractivity contribution in [3.8, 4) is 5.69 Å². The molecule has 0 fully saturated rings. The van der Waals surface area contributed by atoms with Gasteiger partial charge in [-0.3, -0.25) is 4.79 Å². The van der Waals surface area contributed by atoms with Crippen LogP contribution in [0.15, 0.2) is 78.9 Å². The van der Waals surface area contributed by atoms with Crippen LogP contribution in [0, 0.1) is 6.92 Å². The summed E-state index contributed by atoms with van der Waals surface area (Å²) < 4.78 is 1.76. The van der Waals surface area contributed by atoms with Gasteiger partial charge in [0.25, 0.3) is 0 Å². The van der Waals surface area contributed by atoms with E-state index in [9.17, 15) is 4.79 Å². The van der Waals surface area contributed by atoms with Gasteiger partial charge in [-0.25, -0.2) is 4.68 Å². The molecule has 0 aliphatic heterocycles. The van der Waals surface area contributed by atoms with Crippen molar-refractivity contribution in [3.05, 3.63) is 90.1 Å². The number of anilines is 1. The number of carbonyl (C=O) groups is 1. The molecule has 1 heterocycles. The van der Waals surface area contributed by atoms with Crippen LogP contribution in [0.1, 0.15) is 11.3 Å². The highest BCUT2D eigenvalue weighted by atomic mass is 16.1. The molecule has 4 aromatic rings. The minimum Gasteiger partial charge on any atom is -0.310 e. The smallest absolute Gasteiger partial charge is 0.229 e. The van der Waals surface area contributed by atoms with Crippen LogP contribution in [0.25, 0.3) is 16.5 Å². The normalized spacial score (nSPS) is 10.8. The fraction of sp³-hybridized carbons (Fsp3) is 0.0909. The average molecular weight is 341 g/mol. The fourth-order valence-corrected chi connectivity index (χ4v) is 3.16. The second-order valence-corrected chi connectivity index (χ2v) is 6.28. The quantitative estimate of drug-likeness (QED) is 0.593. The SMILES string of the molecule is Cc1cc(NC(=O)Cc2cccc3ccccc23)n(-c2ccccc2)n1. The zero-order valence-electron chi connectivity index (χ0n) is 14.5. The van der Waals surface area contributed by atoms with Crippen LogP contribution < -0.4 is 5.32 Å². The zero-order valence-corrected chi connectivity index (χ0v) is 14.5. The molecule has 0 unspecified atom stereocenters. The number of hydrogen-bond donors (Lipinski definition) is 1. The summed E-state index contributed by atoms with van der Waals surface area (Å²) in [5, 5.41) is 9.75. The van der Waals surface area contributed by atoms with E-state index in [1.54, 1.807) is 4.68 Å². The second-order valence-electron chi connectivity index (χ2n) is 6.28. The molecule has 4 nitrogen and oxygen atoms in total. The lowest BCUT2D eigenvalue weighted by Crippen LogP contribution is -2.17. The maximum atomic E-state index is 12.7. The molecule has 4 heteroatoms. The number of rotatable bonds is 4. The van der Waals surface area contributed by atoms with Crippen molar-refractivity contribution in [1.82, 2.24) is 9.78 Å². The summed E-state index contributed by atoms with van der Waals surface area (Å²) >= 11 is 0. The first-order chi connectivity index (χ1) is 12.7. The Balaban J connectivity index is 1.59. The summed E-state index contributed by atoms with van der Waals surface area (Å²) in [5.41, 5.74) is 2.79. The minimum absolute atomic E-state index is 0.0570. The predicted molar refractivity (Wildman–Crippen MR) is 105 cm³/mol. The Bertz CT molecular complexity index is 1060. The van der Waals surface area contributed by atoms with Gasteiger partial charge in [-0.1, -0.05) is 60.7 Å². The molecular formula is C22H19N3O. The van der Waals surface area contributed by atoms with Gasteiger partial charge in [-0.15, -0.1) is 0 Å². The molecule has 0 spiro atoms. The summed E-state index contributed by atoms with van der Waals surface area (Å²) in [6.07, 6.45) is 0.320. The van der Waals surface area contributed by atoms with Gasteiger partial charge in [-0.05, 0) is 35.4 Å². The molecule has 1 aromatic heterocycles. The van der Waals surface area contributed by atoms with Crippen molar-refractivity contribution in [2.24, 2.45) is 0 Å².